The Morgan fingerprint density at radius 1 is 1.09 bits per heavy atom. The quantitative estimate of drug-likeness (QED) is 0.554. The van der Waals surface area contributed by atoms with E-state index >= 15 is 0 Å². The monoisotopic (exact) mass is 439 g/mol. The summed E-state index contributed by atoms with van der Waals surface area (Å²) in [6.45, 7) is 10.0. The van der Waals surface area contributed by atoms with Crippen LogP contribution in [0.15, 0.2) is 33.9 Å². The van der Waals surface area contributed by atoms with E-state index in [-0.39, 0.29) is 23.5 Å². The van der Waals surface area contributed by atoms with Crippen molar-refractivity contribution in [3.05, 3.63) is 50.7 Å². The lowest BCUT2D eigenvalue weighted by molar-refractivity contribution is -0.119. The van der Waals surface area contributed by atoms with E-state index in [9.17, 15) is 14.4 Å². The lowest BCUT2D eigenvalue weighted by atomic mass is 9.96. The first-order valence-corrected chi connectivity index (χ1v) is 10.7. The number of nitrogens with two attached hydrogens (primary N) is 1. The highest BCUT2D eigenvalue weighted by Gasteiger charge is 2.23. The van der Waals surface area contributed by atoms with Gasteiger partial charge >= 0.3 is 5.69 Å². The Hall–Kier alpha value is -3.40. The van der Waals surface area contributed by atoms with Crippen LogP contribution in [0.1, 0.15) is 45.2 Å². The molecule has 1 aromatic rings. The molecular weight excluding hydrogens is 410 g/mol. The van der Waals surface area contributed by atoms with Crippen molar-refractivity contribution >= 4 is 5.91 Å². The third-order valence-corrected chi connectivity index (χ3v) is 5.58. The van der Waals surface area contributed by atoms with Gasteiger partial charge in [-0.05, 0) is 32.5 Å². The highest BCUT2D eigenvalue weighted by molar-refractivity contribution is 5.82. The molecule has 1 atom stereocenters. The molecule has 3 rings (SSSR count). The maximum atomic E-state index is 12.6. The Kier molecular flexibility index (Phi) is 6.83. The zero-order valence-electron chi connectivity index (χ0n) is 19.1. The summed E-state index contributed by atoms with van der Waals surface area (Å²) in [5, 5.41) is 4.52. The molecule has 10 nitrogen and oxygen atoms in total. The van der Waals surface area contributed by atoms with Crippen LogP contribution in [0.2, 0.25) is 0 Å². The Morgan fingerprint density at radius 3 is 2.25 bits per heavy atom. The molecule has 2 heterocycles. The summed E-state index contributed by atoms with van der Waals surface area (Å²) in [5.74, 6) is -0.336. The predicted octanol–water partition coefficient (Wildman–Crippen LogP) is 0.995. The molecule has 10 heteroatoms. The van der Waals surface area contributed by atoms with Crippen LogP contribution in [0.5, 0.6) is 0 Å². The Bertz CT molecular complexity index is 1190. The summed E-state index contributed by atoms with van der Waals surface area (Å²) in [5.41, 5.74) is 6.05. The molecule has 1 amide bonds. The van der Waals surface area contributed by atoms with Gasteiger partial charge in [0, 0.05) is 25.2 Å². The molecule has 0 spiro atoms. The minimum atomic E-state index is -0.650. The number of carbonyl (C=O) groups excluding carboxylic acids is 1. The molecule has 0 saturated carbocycles. The Morgan fingerprint density at radius 2 is 1.72 bits per heavy atom. The van der Waals surface area contributed by atoms with Gasteiger partial charge in [-0.3, -0.25) is 14.2 Å². The molecule has 0 radical (unpaired) electrons. The highest BCUT2D eigenvalue weighted by Crippen LogP contribution is 2.24. The fourth-order valence-electron chi connectivity index (χ4n) is 3.54. The van der Waals surface area contributed by atoms with Crippen molar-refractivity contribution in [1.82, 2.24) is 29.2 Å². The first-order chi connectivity index (χ1) is 15.2. The van der Waals surface area contributed by atoms with Gasteiger partial charge in [-0.15, -0.1) is 0 Å². The summed E-state index contributed by atoms with van der Waals surface area (Å²) in [6, 6.07) is 7.13. The van der Waals surface area contributed by atoms with Crippen molar-refractivity contribution in [2.45, 2.75) is 39.7 Å². The number of fused-ring (bicyclic) bond motifs is 1. The third-order valence-electron chi connectivity index (χ3n) is 5.58. The van der Waals surface area contributed by atoms with Gasteiger partial charge in [-0.2, -0.15) is 10.1 Å². The zero-order valence-corrected chi connectivity index (χ0v) is 19.1. The first kappa shape index (κ1) is 23.3. The van der Waals surface area contributed by atoms with Gasteiger partial charge in [0.1, 0.15) is 0 Å². The van der Waals surface area contributed by atoms with Gasteiger partial charge in [-0.25, -0.2) is 14.5 Å². The van der Waals surface area contributed by atoms with E-state index < -0.39 is 17.2 Å². The fourth-order valence-corrected chi connectivity index (χ4v) is 3.54. The molecule has 1 unspecified atom stereocenters. The van der Waals surface area contributed by atoms with Gasteiger partial charge in [0.25, 0.3) is 5.56 Å². The number of rotatable bonds is 8. The van der Waals surface area contributed by atoms with Crippen LogP contribution in [-0.4, -0.2) is 54.8 Å². The van der Waals surface area contributed by atoms with Gasteiger partial charge in [-0.1, -0.05) is 38.1 Å². The number of likely N-dealkylation sites (N-methyl/N-ethyl adjacent to an activating group) is 1. The molecule has 170 valence electrons. The van der Waals surface area contributed by atoms with Gasteiger partial charge < -0.3 is 10.6 Å². The van der Waals surface area contributed by atoms with Gasteiger partial charge in [0.05, 0.1) is 5.92 Å². The van der Waals surface area contributed by atoms with Crippen LogP contribution in [-0.2, 0) is 11.8 Å². The van der Waals surface area contributed by atoms with Crippen LogP contribution in [0.3, 0.4) is 0 Å². The lowest BCUT2D eigenvalue weighted by Gasteiger charge is -2.23. The molecule has 2 aliphatic rings. The average molecular weight is 440 g/mol. The molecular formula is C22H29N7O3. The van der Waals surface area contributed by atoms with Crippen LogP contribution < -0.4 is 17.0 Å². The number of nitrogens with zero attached hydrogens (tertiary/aromatic N) is 6. The van der Waals surface area contributed by atoms with Crippen LogP contribution in [0.4, 0.5) is 0 Å². The predicted molar refractivity (Wildman–Crippen MR) is 121 cm³/mol. The van der Waals surface area contributed by atoms with Gasteiger partial charge in [0.2, 0.25) is 5.91 Å². The number of benzene rings is 1. The van der Waals surface area contributed by atoms with E-state index in [1.807, 2.05) is 39.8 Å². The molecule has 32 heavy (non-hydrogen) atoms. The van der Waals surface area contributed by atoms with Crippen LogP contribution in [0.25, 0.3) is 22.9 Å². The molecule has 2 aliphatic heterocycles. The number of hydrogen-bond acceptors (Lipinski definition) is 7. The van der Waals surface area contributed by atoms with E-state index in [0.717, 1.165) is 23.2 Å². The second kappa shape index (κ2) is 9.39. The largest absolute Gasteiger partial charge is 0.369 e. The second-order valence-corrected chi connectivity index (χ2v) is 7.97. The average Bonchev–Trinajstić information content (AvgIpc) is 2.78. The Balaban J connectivity index is 2.08. The van der Waals surface area contributed by atoms with Crippen molar-refractivity contribution in [3.63, 3.8) is 0 Å². The molecule has 0 bridgehead atoms. The molecule has 0 saturated heterocycles. The molecule has 0 aliphatic carbocycles. The molecule has 1 aromatic carbocycles. The summed E-state index contributed by atoms with van der Waals surface area (Å²) in [4.78, 5) is 47.3. The smallest absolute Gasteiger partial charge is 0.352 e. The lowest BCUT2D eigenvalue weighted by Crippen LogP contribution is -2.37. The summed E-state index contributed by atoms with van der Waals surface area (Å²) < 4.78 is 2.46. The Labute approximate surface area is 186 Å². The maximum Gasteiger partial charge on any atom is 0.352 e. The minimum absolute atomic E-state index is 0.0754. The van der Waals surface area contributed by atoms with Gasteiger partial charge in [0.15, 0.2) is 17.3 Å². The SMILES string of the molecule is CCN(CC)CC(C(N)=O)c1ccc(-c2nc3c(=O)n(C)c(=O)nc-3n(C(C)C)n2)cc1. The third kappa shape index (κ3) is 4.45. The zero-order chi connectivity index (χ0) is 23.6. The molecule has 0 aromatic heterocycles. The number of hydrogen-bond donors (Lipinski definition) is 1. The molecule has 0 fully saturated rings. The highest BCUT2D eigenvalue weighted by atomic mass is 16.2. The van der Waals surface area contributed by atoms with Crippen molar-refractivity contribution in [1.29, 1.82) is 0 Å². The van der Waals surface area contributed by atoms with Crippen LogP contribution in [0, 0.1) is 0 Å². The van der Waals surface area contributed by atoms with Crippen molar-refractivity contribution < 1.29 is 4.79 Å². The number of amides is 1. The van der Waals surface area contributed by atoms with Crippen LogP contribution >= 0.6 is 0 Å². The first-order valence-electron chi connectivity index (χ1n) is 10.7. The second-order valence-electron chi connectivity index (χ2n) is 7.97. The number of primary amides is 1. The van der Waals surface area contributed by atoms with Crippen molar-refractivity contribution in [3.8, 4) is 22.9 Å². The number of carbonyl (C=O) groups is 1. The van der Waals surface area contributed by atoms with E-state index in [1.165, 1.54) is 11.7 Å². The molecule has 2 N–H and O–H groups in total. The van der Waals surface area contributed by atoms with E-state index in [4.69, 9.17) is 5.73 Å². The van der Waals surface area contributed by atoms with Crippen molar-refractivity contribution in [2.75, 3.05) is 19.6 Å². The topological polar surface area (TPSA) is 129 Å². The van der Waals surface area contributed by atoms with Crippen molar-refractivity contribution in [2.24, 2.45) is 12.8 Å². The van der Waals surface area contributed by atoms with E-state index in [2.05, 4.69) is 20.0 Å². The maximum absolute atomic E-state index is 12.6. The fraction of sp³-hybridized carbons (Fsp3) is 0.455. The normalized spacial score (nSPS) is 12.6. The summed E-state index contributed by atoms with van der Waals surface area (Å²) in [6.07, 6.45) is 0. The number of aromatic nitrogens is 5. The minimum Gasteiger partial charge on any atom is -0.369 e. The van der Waals surface area contributed by atoms with E-state index in [0.29, 0.717) is 17.9 Å². The standard InChI is InChI=1S/C22H29N7O3/c1-6-28(7-2)12-16(18(23)30)14-8-10-15(11-9-14)19-24-17-20(29(26-19)13(3)4)25-22(32)27(5)21(17)31/h8-11,13,16H,6-7,12H2,1-5H3,(H2,23,30). The summed E-state index contributed by atoms with van der Waals surface area (Å²) >= 11 is 0. The summed E-state index contributed by atoms with van der Waals surface area (Å²) in [7, 11) is 1.37. The van der Waals surface area contributed by atoms with E-state index in [1.54, 1.807) is 12.1 Å².